The minimum Gasteiger partial charge on any atom is -0.506 e. The van der Waals surface area contributed by atoms with E-state index in [-0.39, 0.29) is 17.9 Å². The summed E-state index contributed by atoms with van der Waals surface area (Å²) in [5.41, 5.74) is 4.59. The van der Waals surface area contributed by atoms with Gasteiger partial charge in [-0.05, 0) is 94.4 Å². The molecule has 0 fully saturated rings. The highest BCUT2D eigenvalue weighted by atomic mass is 127. The number of hydrogen-bond donors (Lipinski definition) is 5. The van der Waals surface area contributed by atoms with Crippen molar-refractivity contribution in [3.63, 3.8) is 0 Å². The zero-order valence-electron chi connectivity index (χ0n) is 20.2. The molecule has 1 aliphatic rings. The minimum atomic E-state index is -1.12. The summed E-state index contributed by atoms with van der Waals surface area (Å²) < 4.78 is 17.7. The summed E-state index contributed by atoms with van der Waals surface area (Å²) >= 11 is 4.05. The Bertz CT molecular complexity index is 1210. The third-order valence-corrected chi connectivity index (χ3v) is 6.79. The number of aliphatic hydroxyl groups is 1. The second-order valence-electron chi connectivity index (χ2n) is 7.75. The maximum Gasteiger partial charge on any atom is 0.337 e. The summed E-state index contributed by atoms with van der Waals surface area (Å²) in [6.07, 6.45) is 0.399. The molecule has 0 radical (unpaired) electrons. The molecule has 0 aromatic heterocycles. The average Bonchev–Trinajstić information content (AvgIpc) is 2.85. The van der Waals surface area contributed by atoms with Crippen LogP contribution in [0.3, 0.4) is 0 Å². The molecule has 2 aromatic carbocycles. The van der Waals surface area contributed by atoms with Gasteiger partial charge in [0.2, 0.25) is 0 Å². The van der Waals surface area contributed by atoms with Crippen LogP contribution in [-0.2, 0) is 9.53 Å². The fraction of sp³-hybridized carbons (Fsp3) is 0.292. The molecule has 0 unspecified atom stereocenters. The monoisotopic (exact) mass is 736 g/mol. The van der Waals surface area contributed by atoms with E-state index in [2.05, 4.69) is 21.2 Å². The summed E-state index contributed by atoms with van der Waals surface area (Å²) in [5, 5.41) is 29.5. The van der Waals surface area contributed by atoms with E-state index in [0.29, 0.717) is 36.5 Å². The number of hydrogen-bond acceptors (Lipinski definition) is 9. The molecule has 0 aliphatic carbocycles. The fourth-order valence-corrected chi connectivity index (χ4v) is 5.30. The van der Waals surface area contributed by atoms with E-state index in [1.54, 1.807) is 37.3 Å². The molecular weight excluding hydrogens is 710 g/mol. The lowest BCUT2D eigenvalue weighted by Crippen LogP contribution is -2.45. The number of ether oxygens (including phenoxy) is 3. The third-order valence-electron chi connectivity index (χ3n) is 5.15. The number of urea groups is 1. The molecule has 0 bridgehead atoms. The van der Waals surface area contributed by atoms with Crippen LogP contribution in [0, 0.1) is 7.14 Å². The lowest BCUT2D eigenvalue weighted by atomic mass is 9.95. The largest absolute Gasteiger partial charge is 0.506 e. The smallest absolute Gasteiger partial charge is 0.337 e. The van der Waals surface area contributed by atoms with Crippen molar-refractivity contribution in [2.45, 2.75) is 26.1 Å². The quantitative estimate of drug-likeness (QED) is 0.0822. The van der Waals surface area contributed by atoms with Crippen molar-refractivity contribution in [2.24, 2.45) is 5.10 Å². The van der Waals surface area contributed by atoms with E-state index in [1.807, 2.05) is 52.1 Å². The van der Waals surface area contributed by atoms with Crippen LogP contribution < -0.4 is 25.5 Å². The van der Waals surface area contributed by atoms with E-state index >= 15 is 0 Å². The first kappa shape index (κ1) is 28.8. The number of nitrogens with one attached hydrogen (secondary N) is 3. The minimum absolute atomic E-state index is 0.141. The molecule has 2 aromatic rings. The molecule has 0 spiro atoms. The van der Waals surface area contributed by atoms with Gasteiger partial charge in [0, 0.05) is 5.70 Å². The highest BCUT2D eigenvalue weighted by Crippen LogP contribution is 2.35. The van der Waals surface area contributed by atoms with Gasteiger partial charge in [-0.25, -0.2) is 9.59 Å². The molecule has 1 aliphatic heterocycles. The number of benzene rings is 2. The highest BCUT2D eigenvalue weighted by Gasteiger charge is 2.32. The van der Waals surface area contributed by atoms with Crippen LogP contribution in [0.25, 0.3) is 0 Å². The first-order chi connectivity index (χ1) is 17.6. The van der Waals surface area contributed by atoms with Crippen LogP contribution in [-0.4, -0.2) is 55.0 Å². The summed E-state index contributed by atoms with van der Waals surface area (Å²) in [4.78, 5) is 24.4. The van der Waals surface area contributed by atoms with Crippen molar-refractivity contribution in [1.82, 2.24) is 16.1 Å². The molecule has 0 saturated heterocycles. The highest BCUT2D eigenvalue weighted by molar-refractivity contribution is 14.1. The predicted molar refractivity (Wildman–Crippen MR) is 153 cm³/mol. The van der Waals surface area contributed by atoms with Gasteiger partial charge in [-0.1, -0.05) is 6.07 Å². The number of aromatic hydroxyl groups is 1. The number of nitrogens with zero attached hydrogens (tertiary/aromatic N) is 1. The van der Waals surface area contributed by atoms with Gasteiger partial charge in [-0.15, -0.1) is 0 Å². The SMILES string of the molecule is CCOc1cc([C@@H]2NC(=O)NC(C)=C2C(=O)OC)ccc1OC[C@@H](O)N/N=C\c1cc(I)c(O)c(I)c1. The van der Waals surface area contributed by atoms with Crippen molar-refractivity contribution >= 4 is 63.4 Å². The number of halogens is 2. The molecule has 2 amide bonds. The number of hydrazone groups is 1. The number of phenols is 1. The number of methoxy groups -OCH3 is 1. The van der Waals surface area contributed by atoms with Gasteiger partial charge in [0.25, 0.3) is 0 Å². The lowest BCUT2D eigenvalue weighted by molar-refractivity contribution is -0.136. The molecule has 11 nitrogen and oxygen atoms in total. The van der Waals surface area contributed by atoms with Gasteiger partial charge in [0.15, 0.2) is 17.7 Å². The number of amides is 2. The van der Waals surface area contributed by atoms with E-state index in [0.717, 1.165) is 5.56 Å². The van der Waals surface area contributed by atoms with Gasteiger partial charge in [0.05, 0.1) is 38.7 Å². The average molecular weight is 736 g/mol. The summed E-state index contributed by atoms with van der Waals surface area (Å²) in [6.45, 7) is 3.63. The van der Waals surface area contributed by atoms with Crippen molar-refractivity contribution in [1.29, 1.82) is 0 Å². The lowest BCUT2D eigenvalue weighted by Gasteiger charge is -2.28. The van der Waals surface area contributed by atoms with Gasteiger partial charge in [-0.3, -0.25) is 5.43 Å². The first-order valence-electron chi connectivity index (χ1n) is 11.0. The molecule has 198 valence electrons. The molecule has 2 atom stereocenters. The molecule has 37 heavy (non-hydrogen) atoms. The first-order valence-corrected chi connectivity index (χ1v) is 13.2. The molecular formula is C24H26I2N4O7. The predicted octanol–water partition coefficient (Wildman–Crippen LogP) is 3.12. The molecule has 0 saturated carbocycles. The molecule has 5 N–H and O–H groups in total. The number of phenolic OH excluding ortho intramolecular Hbond substituents is 1. The Hall–Kier alpha value is -2.79. The second-order valence-corrected chi connectivity index (χ2v) is 10.1. The maximum atomic E-state index is 12.4. The number of esters is 1. The Morgan fingerprint density at radius 3 is 2.57 bits per heavy atom. The number of allylic oxidation sites excluding steroid dienone is 1. The van der Waals surface area contributed by atoms with Crippen LogP contribution >= 0.6 is 45.2 Å². The Balaban J connectivity index is 1.71. The summed E-state index contributed by atoms with van der Waals surface area (Å²) in [6, 6.07) is 7.31. The van der Waals surface area contributed by atoms with Gasteiger partial charge in [0.1, 0.15) is 12.4 Å². The zero-order chi connectivity index (χ0) is 27.1. The zero-order valence-corrected chi connectivity index (χ0v) is 24.5. The van der Waals surface area contributed by atoms with Crippen molar-refractivity contribution in [3.05, 3.63) is 59.9 Å². The third kappa shape index (κ3) is 7.38. The molecule has 3 rings (SSSR count). The van der Waals surface area contributed by atoms with E-state index in [9.17, 15) is 19.8 Å². The van der Waals surface area contributed by atoms with Crippen LogP contribution in [0.2, 0.25) is 0 Å². The maximum absolute atomic E-state index is 12.4. The van der Waals surface area contributed by atoms with Crippen LogP contribution in [0.15, 0.2) is 46.7 Å². The van der Waals surface area contributed by atoms with Crippen molar-refractivity contribution in [2.75, 3.05) is 20.3 Å². The number of aliphatic hydroxyl groups excluding tert-OH is 1. The van der Waals surface area contributed by atoms with Crippen LogP contribution in [0.4, 0.5) is 4.79 Å². The number of carbonyl (C=O) groups is 2. The summed E-state index contributed by atoms with van der Waals surface area (Å²) in [5.74, 6) is 0.378. The fourth-order valence-electron chi connectivity index (χ4n) is 3.48. The Morgan fingerprint density at radius 1 is 1.22 bits per heavy atom. The van der Waals surface area contributed by atoms with E-state index in [4.69, 9.17) is 14.2 Å². The Morgan fingerprint density at radius 2 is 1.92 bits per heavy atom. The van der Waals surface area contributed by atoms with Crippen molar-refractivity contribution in [3.8, 4) is 17.2 Å². The second kappa shape index (κ2) is 13.1. The van der Waals surface area contributed by atoms with Gasteiger partial charge >= 0.3 is 12.0 Å². The number of rotatable bonds is 10. The summed E-state index contributed by atoms with van der Waals surface area (Å²) in [7, 11) is 1.27. The topological polar surface area (TPSA) is 151 Å². The van der Waals surface area contributed by atoms with E-state index < -0.39 is 24.3 Å². The number of carbonyl (C=O) groups excluding carboxylic acids is 2. The van der Waals surface area contributed by atoms with Crippen LogP contribution in [0.5, 0.6) is 17.2 Å². The molecule has 1 heterocycles. The van der Waals surface area contributed by atoms with Crippen molar-refractivity contribution < 1.29 is 34.0 Å². The van der Waals surface area contributed by atoms with Gasteiger partial charge in [-0.2, -0.15) is 5.10 Å². The Labute approximate surface area is 240 Å². The molecule has 13 heteroatoms. The standard InChI is InChI=1S/C24H26I2N4O7/c1-4-36-18-9-14(21-20(23(33)35-3)12(2)28-24(34)29-21)5-6-17(18)37-11-19(31)30-27-10-13-7-15(25)22(32)16(26)8-13/h5-10,19,21,30-32H,4,11H2,1-3H3,(H2,28,29,34)/b27-10-/t19-,21+/m1/s1. The van der Waals surface area contributed by atoms with E-state index in [1.165, 1.54) is 13.3 Å². The van der Waals surface area contributed by atoms with Gasteiger partial charge < -0.3 is 35.1 Å². The Kier molecular flexibility index (Phi) is 10.2. The normalized spacial score (nSPS) is 16.2. The van der Waals surface area contributed by atoms with Crippen LogP contribution in [0.1, 0.15) is 31.0 Å².